The first-order valence-electron chi connectivity index (χ1n) is 11.6. The quantitative estimate of drug-likeness (QED) is 0.390. The molecule has 0 aliphatic carbocycles. The van der Waals surface area contributed by atoms with Gasteiger partial charge in [-0.3, -0.25) is 4.90 Å². The summed E-state index contributed by atoms with van der Waals surface area (Å²) in [5.74, 6) is -1.37. The van der Waals surface area contributed by atoms with Gasteiger partial charge in [-0.2, -0.15) is 0 Å². The molecule has 1 aliphatic rings. The number of piperazine rings is 1. The van der Waals surface area contributed by atoms with Crippen molar-refractivity contribution in [3.8, 4) is 0 Å². The Labute approximate surface area is 197 Å². The lowest BCUT2D eigenvalue weighted by Crippen LogP contribution is -2.48. The second-order valence-corrected chi connectivity index (χ2v) is 8.67. The number of benzene rings is 3. The summed E-state index contributed by atoms with van der Waals surface area (Å²) in [6.07, 6.45) is -0.475. The van der Waals surface area contributed by atoms with E-state index in [1.54, 1.807) is 4.90 Å². The molecule has 7 heteroatoms. The normalized spacial score (nSPS) is 14.7. The van der Waals surface area contributed by atoms with Crippen LogP contribution < -0.4 is 0 Å². The summed E-state index contributed by atoms with van der Waals surface area (Å²) in [5.41, 5.74) is 3.91. The molecule has 1 fully saturated rings. The summed E-state index contributed by atoms with van der Waals surface area (Å²) >= 11 is 0. The number of fused-ring (bicyclic) bond motifs is 3. The number of hydrogen-bond acceptors (Lipinski definition) is 3. The summed E-state index contributed by atoms with van der Waals surface area (Å²) in [4.78, 5) is 16.4. The minimum absolute atomic E-state index is 0.160. The third kappa shape index (κ3) is 4.35. The smallest absolute Gasteiger partial charge is 0.410 e. The molecule has 0 atom stereocenters. The Morgan fingerprint density at radius 1 is 0.912 bits per heavy atom. The monoisotopic (exact) mass is 463 g/mol. The van der Waals surface area contributed by atoms with Crippen LogP contribution in [0.25, 0.3) is 21.8 Å². The number of hydrogen-bond donors (Lipinski definition) is 0. The van der Waals surface area contributed by atoms with E-state index in [1.807, 2.05) is 0 Å². The lowest BCUT2D eigenvalue weighted by atomic mass is 10.1. The van der Waals surface area contributed by atoms with Crippen molar-refractivity contribution in [1.82, 2.24) is 14.4 Å². The van der Waals surface area contributed by atoms with Crippen LogP contribution in [0, 0.1) is 11.6 Å². The first-order chi connectivity index (χ1) is 16.5. The Kier molecular flexibility index (Phi) is 6.20. The molecule has 0 bridgehead atoms. The van der Waals surface area contributed by atoms with E-state index in [0.717, 1.165) is 38.3 Å². The average Bonchev–Trinajstić information content (AvgIpc) is 3.17. The highest BCUT2D eigenvalue weighted by atomic mass is 19.1. The van der Waals surface area contributed by atoms with Gasteiger partial charge >= 0.3 is 6.09 Å². The molecule has 0 unspecified atom stereocenters. The predicted octanol–water partition coefficient (Wildman–Crippen LogP) is 5.55. The molecule has 5 rings (SSSR count). The van der Waals surface area contributed by atoms with Gasteiger partial charge in [0.15, 0.2) is 0 Å². The molecule has 0 N–H and O–H groups in total. The summed E-state index contributed by atoms with van der Waals surface area (Å²) in [5, 5.41) is 2.54. The fourth-order valence-corrected chi connectivity index (χ4v) is 4.76. The van der Waals surface area contributed by atoms with Crippen LogP contribution in [0.15, 0.2) is 60.7 Å². The highest BCUT2D eigenvalue weighted by Gasteiger charge is 2.23. The van der Waals surface area contributed by atoms with Crippen molar-refractivity contribution in [2.24, 2.45) is 0 Å². The van der Waals surface area contributed by atoms with Crippen molar-refractivity contribution in [1.29, 1.82) is 0 Å². The number of rotatable bonds is 5. The fourth-order valence-electron chi connectivity index (χ4n) is 4.76. The number of nitrogens with zero attached hydrogens (tertiary/aromatic N) is 3. The van der Waals surface area contributed by atoms with Crippen LogP contribution in [0.4, 0.5) is 13.6 Å². The van der Waals surface area contributed by atoms with Crippen LogP contribution in [-0.4, -0.2) is 46.6 Å². The van der Waals surface area contributed by atoms with E-state index in [-0.39, 0.29) is 12.2 Å². The van der Waals surface area contributed by atoms with E-state index in [2.05, 4.69) is 58.9 Å². The van der Waals surface area contributed by atoms with Gasteiger partial charge in [0.05, 0.1) is 0 Å². The molecule has 2 heterocycles. The third-order valence-electron chi connectivity index (χ3n) is 6.56. The molecule has 3 aromatic carbocycles. The molecule has 5 nitrogen and oxygen atoms in total. The second-order valence-electron chi connectivity index (χ2n) is 8.67. The fraction of sp³-hybridized carbons (Fsp3) is 0.296. The number of amides is 1. The summed E-state index contributed by atoms with van der Waals surface area (Å²) in [6, 6.07) is 18.4. The number of carbonyl (C=O) groups is 1. The number of para-hydroxylation sites is 1. The van der Waals surface area contributed by atoms with Gasteiger partial charge in [-0.05, 0) is 42.8 Å². The number of ether oxygens (including phenoxy) is 1. The maximum atomic E-state index is 13.8. The highest BCUT2D eigenvalue weighted by Crippen LogP contribution is 2.30. The number of aryl methyl sites for hydroxylation is 1. The van der Waals surface area contributed by atoms with Crippen molar-refractivity contribution >= 4 is 27.9 Å². The minimum Gasteiger partial charge on any atom is -0.444 e. The summed E-state index contributed by atoms with van der Waals surface area (Å²) < 4.78 is 34.4. The molecule has 1 amide bonds. The average molecular weight is 464 g/mol. The lowest BCUT2D eigenvalue weighted by Gasteiger charge is -2.34. The number of halogens is 2. The van der Waals surface area contributed by atoms with E-state index in [1.165, 1.54) is 33.4 Å². The molecule has 176 valence electrons. The molecular formula is C27H27F2N3O2. The van der Waals surface area contributed by atoms with Gasteiger partial charge in [0.25, 0.3) is 0 Å². The molecule has 0 spiro atoms. The van der Waals surface area contributed by atoms with Gasteiger partial charge < -0.3 is 14.2 Å². The SMILES string of the molecule is CCn1c2ccccc2c2cc(CN3CCN(C(=O)OCc4ccc(F)cc4F)CC3)ccc21. The summed E-state index contributed by atoms with van der Waals surface area (Å²) in [7, 11) is 0. The zero-order valence-corrected chi connectivity index (χ0v) is 19.1. The van der Waals surface area contributed by atoms with Crippen LogP contribution in [0.3, 0.4) is 0 Å². The van der Waals surface area contributed by atoms with E-state index < -0.39 is 17.7 Å². The second kappa shape index (κ2) is 9.43. The lowest BCUT2D eigenvalue weighted by molar-refractivity contribution is 0.0694. The van der Waals surface area contributed by atoms with Crippen LogP contribution in [0.1, 0.15) is 18.1 Å². The van der Waals surface area contributed by atoms with Gasteiger partial charge in [0.1, 0.15) is 18.2 Å². The van der Waals surface area contributed by atoms with Gasteiger partial charge in [0, 0.05) is 72.7 Å². The molecular weight excluding hydrogens is 436 g/mol. The van der Waals surface area contributed by atoms with Crippen LogP contribution >= 0.6 is 0 Å². The first-order valence-corrected chi connectivity index (χ1v) is 11.6. The third-order valence-corrected chi connectivity index (χ3v) is 6.56. The van der Waals surface area contributed by atoms with Gasteiger partial charge in [0.2, 0.25) is 0 Å². The molecule has 0 saturated carbocycles. The largest absolute Gasteiger partial charge is 0.444 e. The molecule has 1 aliphatic heterocycles. The van der Waals surface area contributed by atoms with E-state index in [4.69, 9.17) is 4.74 Å². The van der Waals surface area contributed by atoms with Crippen LogP contribution in [-0.2, 0) is 24.4 Å². The number of carbonyl (C=O) groups excluding carboxylic acids is 1. The van der Waals surface area contributed by atoms with Crippen molar-refractivity contribution in [3.63, 3.8) is 0 Å². The van der Waals surface area contributed by atoms with Crippen molar-refractivity contribution in [3.05, 3.63) is 83.4 Å². The summed E-state index contributed by atoms with van der Waals surface area (Å²) in [6.45, 7) is 6.24. The molecule has 1 aromatic heterocycles. The molecule has 1 saturated heterocycles. The maximum Gasteiger partial charge on any atom is 0.410 e. The van der Waals surface area contributed by atoms with Gasteiger partial charge in [-0.25, -0.2) is 13.6 Å². The Bertz CT molecular complexity index is 1340. The van der Waals surface area contributed by atoms with E-state index in [0.29, 0.717) is 13.1 Å². The predicted molar refractivity (Wildman–Crippen MR) is 129 cm³/mol. The van der Waals surface area contributed by atoms with Crippen LogP contribution in [0.2, 0.25) is 0 Å². The highest BCUT2D eigenvalue weighted by molar-refractivity contribution is 6.08. The maximum absolute atomic E-state index is 13.8. The topological polar surface area (TPSA) is 37.7 Å². The molecule has 0 radical (unpaired) electrons. The molecule has 34 heavy (non-hydrogen) atoms. The zero-order valence-electron chi connectivity index (χ0n) is 19.1. The zero-order chi connectivity index (χ0) is 23.7. The Morgan fingerprint density at radius 2 is 1.68 bits per heavy atom. The Hall–Kier alpha value is -3.45. The van der Waals surface area contributed by atoms with Gasteiger partial charge in [-0.15, -0.1) is 0 Å². The van der Waals surface area contributed by atoms with Crippen molar-refractivity contribution in [2.75, 3.05) is 26.2 Å². The van der Waals surface area contributed by atoms with E-state index >= 15 is 0 Å². The van der Waals surface area contributed by atoms with Crippen LogP contribution in [0.5, 0.6) is 0 Å². The van der Waals surface area contributed by atoms with Gasteiger partial charge in [-0.1, -0.05) is 24.3 Å². The van der Waals surface area contributed by atoms with Crippen molar-refractivity contribution in [2.45, 2.75) is 26.6 Å². The van der Waals surface area contributed by atoms with E-state index in [9.17, 15) is 13.6 Å². The van der Waals surface area contributed by atoms with Crippen molar-refractivity contribution < 1.29 is 18.3 Å². The standard InChI is InChI=1S/C27H27F2N3O2/c1-2-32-25-6-4-3-5-22(25)23-15-19(7-10-26(23)32)17-30-11-13-31(14-12-30)27(33)34-18-20-8-9-21(28)16-24(20)29/h3-10,15-16H,2,11-14,17-18H2,1H3. The number of aromatic nitrogens is 1. The first kappa shape index (κ1) is 22.3. The Morgan fingerprint density at radius 3 is 2.44 bits per heavy atom. The molecule has 4 aromatic rings. The minimum atomic E-state index is -0.711. The Balaban J connectivity index is 1.20.